The number of phenolic OH excluding ortho intramolecular Hbond substituents is 1. The van der Waals surface area contributed by atoms with Gasteiger partial charge in [0.15, 0.2) is 5.82 Å². The van der Waals surface area contributed by atoms with Gasteiger partial charge in [-0.2, -0.15) is 0 Å². The van der Waals surface area contributed by atoms with Crippen LogP contribution in [-0.2, 0) is 4.79 Å². The molecule has 0 bridgehead atoms. The molecule has 2 aromatic rings. The number of hydrogen-bond acceptors (Lipinski definition) is 6. The molecule has 0 saturated heterocycles. The smallest absolute Gasteiger partial charge is 0.239 e. The van der Waals surface area contributed by atoms with Crippen LogP contribution in [0.2, 0.25) is 0 Å². The molecular formula is C21H22N4O3. The molecule has 28 heavy (non-hydrogen) atoms. The van der Waals surface area contributed by atoms with Crippen molar-refractivity contribution < 1.29 is 15.0 Å². The quantitative estimate of drug-likeness (QED) is 0.571. The van der Waals surface area contributed by atoms with Crippen LogP contribution in [0.15, 0.2) is 24.3 Å². The molecule has 1 aromatic heterocycles. The molecule has 7 heteroatoms. The Balaban J connectivity index is 1.49. The lowest BCUT2D eigenvalue weighted by atomic mass is 9.89. The van der Waals surface area contributed by atoms with Crippen molar-refractivity contribution in [1.82, 2.24) is 15.5 Å². The number of aromatic hydroxyl groups is 1. The van der Waals surface area contributed by atoms with E-state index in [2.05, 4.69) is 26.8 Å². The first-order chi connectivity index (χ1) is 13.5. The number of aliphatic hydroxyl groups excluding tert-OH is 1. The SMILES string of the molecule is C#Cc1ccc(-c2nnc(NC(=O)CNC3CC(O)C3)cc2C2CC2)c(O)c1. The number of amides is 1. The Bertz CT molecular complexity index is 943. The van der Waals surface area contributed by atoms with Crippen LogP contribution in [0.25, 0.3) is 11.3 Å². The summed E-state index contributed by atoms with van der Waals surface area (Å²) in [5.74, 6) is 3.10. The molecule has 0 aliphatic heterocycles. The van der Waals surface area contributed by atoms with E-state index in [1.807, 2.05) is 6.07 Å². The monoisotopic (exact) mass is 378 g/mol. The number of carbonyl (C=O) groups is 1. The molecule has 2 aliphatic carbocycles. The zero-order chi connectivity index (χ0) is 19.7. The highest BCUT2D eigenvalue weighted by Gasteiger charge is 2.29. The summed E-state index contributed by atoms with van der Waals surface area (Å²) in [4.78, 5) is 12.2. The second-order valence-corrected chi connectivity index (χ2v) is 7.44. The minimum atomic E-state index is -0.258. The van der Waals surface area contributed by atoms with E-state index in [9.17, 15) is 15.0 Å². The molecule has 2 fully saturated rings. The number of aromatic nitrogens is 2. The Morgan fingerprint density at radius 1 is 1.25 bits per heavy atom. The van der Waals surface area contributed by atoms with Gasteiger partial charge in [-0.25, -0.2) is 0 Å². The van der Waals surface area contributed by atoms with Crippen LogP contribution in [0.4, 0.5) is 5.82 Å². The lowest BCUT2D eigenvalue weighted by Crippen LogP contribution is -2.46. The minimum absolute atomic E-state index is 0.0651. The third-order valence-electron chi connectivity index (χ3n) is 5.19. The zero-order valence-electron chi connectivity index (χ0n) is 15.4. The van der Waals surface area contributed by atoms with E-state index in [0.29, 0.717) is 41.4 Å². The van der Waals surface area contributed by atoms with Crippen molar-refractivity contribution in [3.05, 3.63) is 35.4 Å². The van der Waals surface area contributed by atoms with Crippen molar-refractivity contribution in [1.29, 1.82) is 0 Å². The lowest BCUT2D eigenvalue weighted by molar-refractivity contribution is -0.115. The fraction of sp³-hybridized carbons (Fsp3) is 0.381. The molecule has 2 aliphatic rings. The Hall–Kier alpha value is -2.95. The fourth-order valence-corrected chi connectivity index (χ4v) is 3.38. The van der Waals surface area contributed by atoms with Gasteiger partial charge in [-0.1, -0.05) is 5.92 Å². The summed E-state index contributed by atoms with van der Waals surface area (Å²) >= 11 is 0. The molecule has 0 unspecified atom stereocenters. The van der Waals surface area contributed by atoms with Gasteiger partial charge in [-0.3, -0.25) is 4.79 Å². The van der Waals surface area contributed by atoms with Crippen LogP contribution in [0, 0.1) is 12.3 Å². The van der Waals surface area contributed by atoms with Gasteiger partial charge in [-0.05, 0) is 61.4 Å². The van der Waals surface area contributed by atoms with Gasteiger partial charge in [0.25, 0.3) is 0 Å². The van der Waals surface area contributed by atoms with Crippen molar-refractivity contribution in [2.45, 2.75) is 43.7 Å². The first kappa shape index (κ1) is 18.4. The Labute approximate surface area is 163 Å². The highest BCUT2D eigenvalue weighted by atomic mass is 16.3. The standard InChI is InChI=1S/C21H22N4O3/c1-2-12-3-6-16(18(27)7-12)21-17(13-4-5-13)10-19(24-25-21)23-20(28)11-22-14-8-15(26)9-14/h1,3,6-7,10,13-15,22,26-27H,4-5,8-9,11H2,(H,23,24,28). The van der Waals surface area contributed by atoms with E-state index in [4.69, 9.17) is 6.42 Å². The normalized spacial score (nSPS) is 20.9. The third kappa shape index (κ3) is 3.98. The average Bonchev–Trinajstić information content (AvgIpc) is 3.49. The van der Waals surface area contributed by atoms with Crippen molar-refractivity contribution in [2.75, 3.05) is 11.9 Å². The first-order valence-electron chi connectivity index (χ1n) is 9.42. The number of benzene rings is 1. The molecule has 0 radical (unpaired) electrons. The van der Waals surface area contributed by atoms with Gasteiger partial charge in [0, 0.05) is 17.2 Å². The summed E-state index contributed by atoms with van der Waals surface area (Å²) in [6.45, 7) is 0.161. The number of carbonyl (C=O) groups excluding carboxylic acids is 1. The molecular weight excluding hydrogens is 356 g/mol. The van der Waals surface area contributed by atoms with Crippen molar-refractivity contribution in [3.63, 3.8) is 0 Å². The number of rotatable bonds is 6. The summed E-state index contributed by atoms with van der Waals surface area (Å²) in [6, 6.07) is 7.05. The second kappa shape index (κ2) is 7.58. The predicted molar refractivity (Wildman–Crippen MR) is 105 cm³/mol. The molecule has 2 saturated carbocycles. The van der Waals surface area contributed by atoms with Crippen LogP contribution < -0.4 is 10.6 Å². The summed E-state index contributed by atoms with van der Waals surface area (Å²) in [7, 11) is 0. The van der Waals surface area contributed by atoms with E-state index < -0.39 is 0 Å². The maximum atomic E-state index is 12.2. The lowest BCUT2D eigenvalue weighted by Gasteiger charge is -2.31. The third-order valence-corrected chi connectivity index (χ3v) is 5.19. The molecule has 0 atom stereocenters. The highest BCUT2D eigenvalue weighted by molar-refractivity contribution is 5.91. The van der Waals surface area contributed by atoms with Gasteiger partial charge < -0.3 is 20.8 Å². The summed E-state index contributed by atoms with van der Waals surface area (Å²) < 4.78 is 0. The summed E-state index contributed by atoms with van der Waals surface area (Å²) in [6.07, 6.45) is 8.56. The molecule has 0 spiro atoms. The van der Waals surface area contributed by atoms with Gasteiger partial charge in [-0.15, -0.1) is 16.6 Å². The Kier molecular flexibility index (Phi) is 4.99. The number of nitrogens with one attached hydrogen (secondary N) is 2. The van der Waals surface area contributed by atoms with Crippen LogP contribution in [0.3, 0.4) is 0 Å². The number of phenols is 1. The second-order valence-electron chi connectivity index (χ2n) is 7.44. The zero-order valence-corrected chi connectivity index (χ0v) is 15.4. The van der Waals surface area contributed by atoms with Crippen LogP contribution in [0.5, 0.6) is 5.75 Å². The average molecular weight is 378 g/mol. The number of nitrogens with zero attached hydrogens (tertiary/aromatic N) is 2. The van der Waals surface area contributed by atoms with Crippen LogP contribution in [-0.4, -0.2) is 45.0 Å². The molecule has 144 valence electrons. The number of terminal acetylenes is 1. The molecule has 1 heterocycles. The maximum Gasteiger partial charge on any atom is 0.239 e. The van der Waals surface area contributed by atoms with Crippen LogP contribution >= 0.6 is 0 Å². The molecule has 1 aromatic carbocycles. The summed E-state index contributed by atoms with van der Waals surface area (Å²) in [5, 5.41) is 33.9. The molecule has 1 amide bonds. The maximum absolute atomic E-state index is 12.2. The van der Waals surface area contributed by atoms with Crippen LogP contribution in [0.1, 0.15) is 42.7 Å². The van der Waals surface area contributed by atoms with Gasteiger partial charge >= 0.3 is 0 Å². The van der Waals surface area contributed by atoms with Crippen molar-refractivity contribution in [2.24, 2.45) is 0 Å². The van der Waals surface area contributed by atoms with E-state index >= 15 is 0 Å². The number of aliphatic hydroxyl groups is 1. The van der Waals surface area contributed by atoms with Gasteiger partial charge in [0.2, 0.25) is 5.91 Å². The Morgan fingerprint density at radius 3 is 2.68 bits per heavy atom. The van der Waals surface area contributed by atoms with Crippen molar-refractivity contribution >= 4 is 11.7 Å². The highest BCUT2D eigenvalue weighted by Crippen LogP contribution is 2.45. The molecule has 7 nitrogen and oxygen atoms in total. The summed E-state index contributed by atoms with van der Waals surface area (Å²) in [5.41, 5.74) is 2.75. The van der Waals surface area contributed by atoms with Gasteiger partial charge in [0.05, 0.1) is 12.6 Å². The minimum Gasteiger partial charge on any atom is -0.507 e. The number of anilines is 1. The number of hydrogen-bond donors (Lipinski definition) is 4. The largest absolute Gasteiger partial charge is 0.507 e. The van der Waals surface area contributed by atoms with Gasteiger partial charge in [0.1, 0.15) is 11.4 Å². The fourth-order valence-electron chi connectivity index (χ4n) is 3.38. The Morgan fingerprint density at radius 2 is 2.04 bits per heavy atom. The van der Waals surface area contributed by atoms with E-state index in [1.165, 1.54) is 6.07 Å². The van der Waals surface area contributed by atoms with Crippen molar-refractivity contribution in [3.8, 4) is 29.4 Å². The molecule has 4 rings (SSSR count). The van der Waals surface area contributed by atoms with E-state index in [1.54, 1.807) is 12.1 Å². The van der Waals surface area contributed by atoms with E-state index in [-0.39, 0.29) is 30.3 Å². The first-order valence-corrected chi connectivity index (χ1v) is 9.42. The molecule has 4 N–H and O–H groups in total. The topological polar surface area (TPSA) is 107 Å². The van der Waals surface area contributed by atoms with E-state index in [0.717, 1.165) is 18.4 Å². The predicted octanol–water partition coefficient (Wildman–Crippen LogP) is 1.76.